The number of carbonyl (C=O) groups is 2. The number of benzene rings is 2. The first-order chi connectivity index (χ1) is 13.4. The predicted octanol–water partition coefficient (Wildman–Crippen LogP) is 4.34. The molecule has 0 spiro atoms. The van der Waals surface area contributed by atoms with E-state index in [4.69, 9.17) is 9.47 Å². The molecule has 0 bridgehead atoms. The molecule has 1 N–H and O–H groups in total. The smallest absolute Gasteiger partial charge is 0.349 e. The first-order valence-corrected chi connectivity index (χ1v) is 12.0. The number of halogens is 2. The third-order valence-electron chi connectivity index (χ3n) is 3.88. The highest BCUT2D eigenvalue weighted by molar-refractivity contribution is 14.1. The molecule has 0 unspecified atom stereocenters. The minimum atomic E-state index is -4.43. The Labute approximate surface area is 196 Å². The van der Waals surface area contributed by atoms with Crippen LogP contribution in [0.1, 0.15) is 41.3 Å². The van der Waals surface area contributed by atoms with Crippen LogP contribution in [0.5, 0.6) is 5.75 Å². The molecule has 2 rings (SSSR count). The van der Waals surface area contributed by atoms with Crippen LogP contribution >= 0.6 is 45.2 Å². The second-order valence-corrected chi connectivity index (χ2v) is 10.0. The van der Waals surface area contributed by atoms with E-state index in [0.717, 1.165) is 7.14 Å². The van der Waals surface area contributed by atoms with Crippen molar-refractivity contribution in [3.8, 4) is 5.75 Å². The van der Waals surface area contributed by atoms with Crippen molar-refractivity contribution in [3.63, 3.8) is 0 Å². The van der Waals surface area contributed by atoms with Gasteiger partial charge in [0, 0.05) is 7.14 Å². The minimum Gasteiger partial charge on any atom is -0.450 e. The van der Waals surface area contributed by atoms with E-state index < -0.39 is 28.7 Å². The van der Waals surface area contributed by atoms with Gasteiger partial charge in [0.25, 0.3) is 10.1 Å². The fourth-order valence-electron chi connectivity index (χ4n) is 2.63. The van der Waals surface area contributed by atoms with Gasteiger partial charge in [-0.15, -0.1) is 0 Å². The van der Waals surface area contributed by atoms with Crippen LogP contribution in [0.2, 0.25) is 0 Å². The quantitative estimate of drug-likeness (QED) is 0.216. The molecule has 0 aliphatic heterocycles. The van der Waals surface area contributed by atoms with Crippen molar-refractivity contribution in [3.05, 3.63) is 54.2 Å². The van der Waals surface area contributed by atoms with Crippen molar-refractivity contribution in [1.82, 2.24) is 0 Å². The molecule has 7 nitrogen and oxygen atoms in total. The van der Waals surface area contributed by atoms with E-state index in [1.807, 2.05) is 28.7 Å². The molecule has 0 radical (unpaired) electrons. The molecule has 0 saturated carbocycles. The maximum Gasteiger partial charge on any atom is 0.349 e. The van der Waals surface area contributed by atoms with Crippen LogP contribution in [0.4, 0.5) is 0 Å². The summed E-state index contributed by atoms with van der Waals surface area (Å²) >= 11 is 4.12. The van der Waals surface area contributed by atoms with E-state index in [-0.39, 0.29) is 22.1 Å². The SMILES string of the molecule is Cc1cc(OC(=O)COC(=O)c2cccc(I)c2I)cc(C(C)C)c1S(=O)(=O)O. The van der Waals surface area contributed by atoms with Gasteiger partial charge in [-0.3, -0.25) is 4.55 Å². The van der Waals surface area contributed by atoms with E-state index in [1.165, 1.54) is 19.1 Å². The highest BCUT2D eigenvalue weighted by Gasteiger charge is 2.23. The first-order valence-electron chi connectivity index (χ1n) is 8.35. The fourth-order valence-corrected chi connectivity index (χ4v) is 4.77. The molecule has 2 aromatic carbocycles. The number of esters is 2. The Morgan fingerprint density at radius 1 is 1.17 bits per heavy atom. The second kappa shape index (κ2) is 9.71. The zero-order valence-electron chi connectivity index (χ0n) is 15.7. The summed E-state index contributed by atoms with van der Waals surface area (Å²) in [6.45, 7) is 4.39. The summed E-state index contributed by atoms with van der Waals surface area (Å²) in [5.74, 6) is -1.61. The van der Waals surface area contributed by atoms with Crippen LogP contribution in [-0.4, -0.2) is 31.5 Å². The maximum absolute atomic E-state index is 12.2. The van der Waals surface area contributed by atoms with Crippen LogP contribution in [-0.2, 0) is 19.6 Å². The average molecular weight is 644 g/mol. The Morgan fingerprint density at radius 3 is 2.41 bits per heavy atom. The van der Waals surface area contributed by atoms with Gasteiger partial charge >= 0.3 is 11.9 Å². The lowest BCUT2D eigenvalue weighted by Gasteiger charge is -2.15. The summed E-state index contributed by atoms with van der Waals surface area (Å²) in [5.41, 5.74) is 0.911. The lowest BCUT2D eigenvalue weighted by molar-refractivity contribution is -0.137. The molecule has 29 heavy (non-hydrogen) atoms. The van der Waals surface area contributed by atoms with Crippen LogP contribution in [0.15, 0.2) is 35.2 Å². The van der Waals surface area contributed by atoms with Crippen LogP contribution in [0.3, 0.4) is 0 Å². The molecule has 0 atom stereocenters. The summed E-state index contributed by atoms with van der Waals surface area (Å²) in [7, 11) is -4.43. The Bertz CT molecular complexity index is 1060. The predicted molar refractivity (Wildman–Crippen MR) is 123 cm³/mol. The van der Waals surface area contributed by atoms with Crippen molar-refractivity contribution in [2.75, 3.05) is 6.61 Å². The average Bonchev–Trinajstić information content (AvgIpc) is 2.60. The number of ether oxygens (including phenoxy) is 2. The van der Waals surface area contributed by atoms with Crippen molar-refractivity contribution >= 4 is 67.2 Å². The fraction of sp³-hybridized carbons (Fsp3) is 0.263. The van der Waals surface area contributed by atoms with Crippen LogP contribution in [0.25, 0.3) is 0 Å². The summed E-state index contributed by atoms with van der Waals surface area (Å²) in [6.07, 6.45) is 0. The maximum atomic E-state index is 12.2. The van der Waals surface area contributed by atoms with Gasteiger partial charge in [0.1, 0.15) is 10.6 Å². The Hall–Kier alpha value is -1.25. The summed E-state index contributed by atoms with van der Waals surface area (Å²) in [5, 5.41) is 0. The Balaban J connectivity index is 2.15. The van der Waals surface area contributed by atoms with Gasteiger partial charge in [-0.25, -0.2) is 9.59 Å². The molecule has 0 aliphatic carbocycles. The third kappa shape index (κ3) is 6.12. The highest BCUT2D eigenvalue weighted by atomic mass is 127. The largest absolute Gasteiger partial charge is 0.450 e. The number of hydrogen-bond donors (Lipinski definition) is 1. The van der Waals surface area contributed by atoms with Crippen molar-refractivity contribution in [2.24, 2.45) is 0 Å². The molecule has 2 aromatic rings. The summed E-state index contributed by atoms with van der Waals surface area (Å²) in [6, 6.07) is 7.87. The van der Waals surface area contributed by atoms with Crippen LogP contribution in [0, 0.1) is 14.1 Å². The van der Waals surface area contributed by atoms with Crippen molar-refractivity contribution < 1.29 is 32.0 Å². The van der Waals surface area contributed by atoms with E-state index >= 15 is 0 Å². The van der Waals surface area contributed by atoms with E-state index in [2.05, 4.69) is 22.6 Å². The molecule has 0 saturated heterocycles. The number of aryl methyl sites for hydroxylation is 1. The molecule has 156 valence electrons. The Kier molecular flexibility index (Phi) is 8.04. The number of carbonyl (C=O) groups excluding carboxylic acids is 2. The number of hydrogen-bond acceptors (Lipinski definition) is 6. The summed E-state index contributed by atoms with van der Waals surface area (Å²) in [4.78, 5) is 24.1. The highest BCUT2D eigenvalue weighted by Crippen LogP contribution is 2.31. The molecule has 10 heteroatoms. The van der Waals surface area contributed by atoms with Gasteiger partial charge < -0.3 is 9.47 Å². The normalized spacial score (nSPS) is 11.4. The third-order valence-corrected chi connectivity index (χ3v) is 8.05. The zero-order chi connectivity index (χ0) is 21.9. The minimum absolute atomic E-state index is 0.100. The van der Waals surface area contributed by atoms with E-state index in [9.17, 15) is 22.6 Å². The first kappa shape index (κ1) is 24.0. The lowest BCUT2D eigenvalue weighted by Crippen LogP contribution is -2.20. The topological polar surface area (TPSA) is 107 Å². The van der Waals surface area contributed by atoms with Gasteiger partial charge in [-0.05, 0) is 93.4 Å². The van der Waals surface area contributed by atoms with Gasteiger partial charge in [-0.2, -0.15) is 8.42 Å². The monoisotopic (exact) mass is 644 g/mol. The molecular formula is C19H18I2O7S. The van der Waals surface area contributed by atoms with Crippen LogP contribution < -0.4 is 4.74 Å². The van der Waals surface area contributed by atoms with Gasteiger partial charge in [0.2, 0.25) is 0 Å². The van der Waals surface area contributed by atoms with Crippen molar-refractivity contribution in [1.29, 1.82) is 0 Å². The standard InChI is InChI=1S/C19H18I2O7S/c1-10(2)14-8-12(7-11(3)18(14)29(24,25)26)28-16(22)9-27-19(23)13-5-4-6-15(20)17(13)21/h4-8,10H,9H2,1-3H3,(H,24,25,26). The van der Waals surface area contributed by atoms with Crippen molar-refractivity contribution in [2.45, 2.75) is 31.6 Å². The molecule has 0 fully saturated rings. The Morgan fingerprint density at radius 2 is 1.83 bits per heavy atom. The van der Waals surface area contributed by atoms with E-state index in [0.29, 0.717) is 11.1 Å². The van der Waals surface area contributed by atoms with E-state index in [1.54, 1.807) is 26.0 Å². The lowest BCUT2D eigenvalue weighted by atomic mass is 10.0. The molecular weight excluding hydrogens is 626 g/mol. The van der Waals surface area contributed by atoms with Gasteiger partial charge in [0.15, 0.2) is 6.61 Å². The van der Waals surface area contributed by atoms with Gasteiger partial charge in [-0.1, -0.05) is 19.9 Å². The number of rotatable bonds is 6. The summed E-state index contributed by atoms with van der Waals surface area (Å²) < 4.78 is 44.6. The molecule has 0 aromatic heterocycles. The second-order valence-electron chi connectivity index (χ2n) is 6.44. The van der Waals surface area contributed by atoms with Gasteiger partial charge in [0.05, 0.1) is 5.56 Å². The molecule has 0 heterocycles. The molecule has 0 amide bonds. The molecule has 0 aliphatic rings. The zero-order valence-corrected chi connectivity index (χ0v) is 20.9.